The lowest BCUT2D eigenvalue weighted by Gasteiger charge is -2.12. The summed E-state index contributed by atoms with van der Waals surface area (Å²) < 4.78 is 5.38. The lowest BCUT2D eigenvalue weighted by atomic mass is 10.2. The van der Waals surface area contributed by atoms with E-state index < -0.39 is 0 Å². The first kappa shape index (κ1) is 7.35. The Kier molecular flexibility index (Phi) is 2.08. The zero-order valence-corrected chi connectivity index (χ0v) is 6.79. The number of aliphatic imine (C=N–C) groups is 1. The van der Waals surface area contributed by atoms with E-state index in [1.807, 2.05) is 24.3 Å². The van der Waals surface area contributed by atoms with Gasteiger partial charge in [0, 0.05) is 18.5 Å². The molecule has 0 amide bonds. The summed E-state index contributed by atoms with van der Waals surface area (Å²) >= 11 is 0. The smallest absolute Gasteiger partial charge is 0.216 e. The van der Waals surface area contributed by atoms with Gasteiger partial charge in [-0.3, -0.25) is 4.99 Å². The molecule has 0 bridgehead atoms. The third-order valence-electron chi connectivity index (χ3n) is 1.74. The molecule has 1 radical (unpaired) electrons. The minimum Gasteiger partial charge on any atom is -0.477 e. The summed E-state index contributed by atoms with van der Waals surface area (Å²) in [5.41, 5.74) is 0.956. The van der Waals surface area contributed by atoms with Crippen LogP contribution in [-0.2, 0) is 4.74 Å². The molecule has 1 aliphatic rings. The molecule has 0 aliphatic carbocycles. The molecule has 12 heavy (non-hydrogen) atoms. The molecular weight excluding hydrogens is 150 g/mol. The van der Waals surface area contributed by atoms with Crippen molar-refractivity contribution < 1.29 is 4.74 Å². The Hall–Kier alpha value is -1.31. The van der Waals surface area contributed by atoms with Crippen molar-refractivity contribution in [3.8, 4) is 0 Å². The average Bonchev–Trinajstić information content (AvgIpc) is 2.21. The van der Waals surface area contributed by atoms with Gasteiger partial charge in [0.2, 0.25) is 5.90 Å². The lowest BCUT2D eigenvalue weighted by molar-refractivity contribution is 0.284. The molecule has 1 aliphatic heterocycles. The van der Waals surface area contributed by atoms with Gasteiger partial charge >= 0.3 is 0 Å². The van der Waals surface area contributed by atoms with Gasteiger partial charge in [-0.2, -0.15) is 0 Å². The van der Waals surface area contributed by atoms with Gasteiger partial charge in [-0.05, 0) is 12.1 Å². The van der Waals surface area contributed by atoms with Crippen LogP contribution >= 0.6 is 0 Å². The Morgan fingerprint density at radius 1 is 1.42 bits per heavy atom. The molecule has 0 atom stereocenters. The van der Waals surface area contributed by atoms with Crippen LogP contribution in [0.3, 0.4) is 0 Å². The highest BCUT2D eigenvalue weighted by Crippen LogP contribution is 2.06. The maximum Gasteiger partial charge on any atom is 0.216 e. The molecule has 0 fully saturated rings. The first-order valence-corrected chi connectivity index (χ1v) is 4.11. The van der Waals surface area contributed by atoms with Crippen LogP contribution in [0.5, 0.6) is 0 Å². The van der Waals surface area contributed by atoms with Gasteiger partial charge in [0.15, 0.2) is 0 Å². The number of rotatable bonds is 1. The van der Waals surface area contributed by atoms with Gasteiger partial charge < -0.3 is 4.74 Å². The number of nitrogens with zero attached hydrogens (tertiary/aromatic N) is 1. The van der Waals surface area contributed by atoms with Crippen molar-refractivity contribution in [1.82, 2.24) is 0 Å². The number of benzene rings is 1. The summed E-state index contributed by atoms with van der Waals surface area (Å²) in [6, 6.07) is 10.8. The Bertz CT molecular complexity index is 279. The summed E-state index contributed by atoms with van der Waals surface area (Å²) in [7, 11) is 0. The highest BCUT2D eigenvalue weighted by Gasteiger charge is 2.07. The van der Waals surface area contributed by atoms with Crippen LogP contribution in [0, 0.1) is 6.07 Å². The van der Waals surface area contributed by atoms with E-state index in [2.05, 4.69) is 11.1 Å². The fourth-order valence-corrected chi connectivity index (χ4v) is 1.15. The van der Waals surface area contributed by atoms with Crippen LogP contribution in [0.25, 0.3) is 0 Å². The van der Waals surface area contributed by atoms with Crippen molar-refractivity contribution in [3.05, 3.63) is 35.9 Å². The molecule has 2 nitrogen and oxygen atoms in total. The Balaban J connectivity index is 2.24. The Morgan fingerprint density at radius 2 is 2.42 bits per heavy atom. The zero-order chi connectivity index (χ0) is 8.23. The van der Waals surface area contributed by atoms with Gasteiger partial charge in [-0.25, -0.2) is 0 Å². The maximum absolute atomic E-state index is 5.38. The predicted molar refractivity (Wildman–Crippen MR) is 47.3 cm³/mol. The Morgan fingerprint density at radius 3 is 3.08 bits per heavy atom. The van der Waals surface area contributed by atoms with Crippen molar-refractivity contribution in [1.29, 1.82) is 0 Å². The Labute approximate surface area is 71.9 Å². The second-order valence-corrected chi connectivity index (χ2v) is 2.67. The van der Waals surface area contributed by atoms with Crippen molar-refractivity contribution in [3.63, 3.8) is 0 Å². The van der Waals surface area contributed by atoms with E-state index in [0.29, 0.717) is 0 Å². The van der Waals surface area contributed by atoms with Crippen molar-refractivity contribution in [2.24, 2.45) is 4.99 Å². The first-order valence-electron chi connectivity index (χ1n) is 4.11. The van der Waals surface area contributed by atoms with Crippen LogP contribution in [-0.4, -0.2) is 19.0 Å². The van der Waals surface area contributed by atoms with Crippen molar-refractivity contribution in [2.75, 3.05) is 13.2 Å². The van der Waals surface area contributed by atoms with Gasteiger partial charge in [-0.1, -0.05) is 18.2 Å². The molecule has 1 heterocycles. The molecule has 61 valence electrons. The summed E-state index contributed by atoms with van der Waals surface area (Å²) in [6.07, 6.45) is 1.02. The van der Waals surface area contributed by atoms with Crippen LogP contribution in [0.2, 0.25) is 0 Å². The number of hydrogen-bond acceptors (Lipinski definition) is 2. The molecule has 1 aromatic carbocycles. The van der Waals surface area contributed by atoms with E-state index in [4.69, 9.17) is 4.74 Å². The second kappa shape index (κ2) is 3.39. The highest BCUT2D eigenvalue weighted by atomic mass is 16.5. The fraction of sp³-hybridized carbons (Fsp3) is 0.300. The van der Waals surface area contributed by atoms with Crippen molar-refractivity contribution in [2.45, 2.75) is 6.42 Å². The van der Waals surface area contributed by atoms with Crippen molar-refractivity contribution >= 4 is 5.90 Å². The molecular formula is C10H10NO. The summed E-state index contributed by atoms with van der Waals surface area (Å²) in [5.74, 6) is 0.738. The molecule has 0 aromatic heterocycles. The molecule has 0 unspecified atom stereocenters. The summed E-state index contributed by atoms with van der Waals surface area (Å²) in [5, 5.41) is 0. The first-order chi connectivity index (χ1) is 5.97. The fourth-order valence-electron chi connectivity index (χ4n) is 1.15. The highest BCUT2D eigenvalue weighted by molar-refractivity contribution is 5.94. The van der Waals surface area contributed by atoms with Gasteiger partial charge in [0.05, 0.1) is 6.61 Å². The molecule has 0 N–H and O–H groups in total. The number of hydrogen-bond donors (Lipinski definition) is 0. The zero-order valence-electron chi connectivity index (χ0n) is 6.79. The average molecular weight is 160 g/mol. The summed E-state index contributed by atoms with van der Waals surface area (Å²) in [6.45, 7) is 1.65. The third-order valence-corrected chi connectivity index (χ3v) is 1.74. The summed E-state index contributed by atoms with van der Waals surface area (Å²) in [4.78, 5) is 4.26. The molecule has 1 aromatic rings. The van der Waals surface area contributed by atoms with Gasteiger partial charge in [-0.15, -0.1) is 0 Å². The quantitative estimate of drug-likeness (QED) is 0.612. The van der Waals surface area contributed by atoms with Crippen LogP contribution < -0.4 is 0 Å². The van der Waals surface area contributed by atoms with Crippen LogP contribution in [0.15, 0.2) is 29.3 Å². The monoisotopic (exact) mass is 160 g/mol. The van der Waals surface area contributed by atoms with E-state index in [-0.39, 0.29) is 0 Å². The second-order valence-electron chi connectivity index (χ2n) is 2.67. The minimum absolute atomic E-state index is 0.738. The van der Waals surface area contributed by atoms with E-state index in [9.17, 15) is 0 Å². The normalized spacial score (nSPS) is 16.5. The van der Waals surface area contributed by atoms with E-state index >= 15 is 0 Å². The SMILES string of the molecule is [c]1ccccc1C1=NCCCO1. The van der Waals surface area contributed by atoms with Crippen LogP contribution in [0.1, 0.15) is 12.0 Å². The van der Waals surface area contributed by atoms with Crippen LogP contribution in [0.4, 0.5) is 0 Å². The third kappa shape index (κ3) is 1.47. The number of ether oxygens (including phenoxy) is 1. The topological polar surface area (TPSA) is 21.6 Å². The standard InChI is InChI=1S/C10H10NO/c1-2-5-9(6-3-1)10-11-7-4-8-12-10/h1-3,5H,4,7-8H2. The largest absolute Gasteiger partial charge is 0.477 e. The lowest BCUT2D eigenvalue weighted by Crippen LogP contribution is -2.14. The molecule has 0 saturated heterocycles. The minimum atomic E-state index is 0.738. The van der Waals surface area contributed by atoms with Gasteiger partial charge in [0.25, 0.3) is 0 Å². The molecule has 2 heteroatoms. The maximum atomic E-state index is 5.38. The molecule has 0 saturated carbocycles. The van der Waals surface area contributed by atoms with E-state index in [1.165, 1.54) is 0 Å². The molecule has 2 rings (SSSR count). The molecule has 0 spiro atoms. The van der Waals surface area contributed by atoms with Gasteiger partial charge in [0.1, 0.15) is 0 Å². The van der Waals surface area contributed by atoms with E-state index in [1.54, 1.807) is 0 Å². The predicted octanol–water partition coefficient (Wildman–Crippen LogP) is 1.65. The van der Waals surface area contributed by atoms with E-state index in [0.717, 1.165) is 31.0 Å².